The van der Waals surface area contributed by atoms with Crippen LogP contribution in [-0.4, -0.2) is 64.9 Å². The van der Waals surface area contributed by atoms with Crippen LogP contribution in [0.25, 0.3) is 0 Å². The molecule has 7 atom stereocenters. The SMILES string of the molecule is CCCCCCCC(=O)N(C[C@@H]1CC[C@H]2C[C@@H]1C2(C)C)[C@@H]1C=C(C(=O)NCCO)[C@@H]2c3ccccc3O[C@@H]2[C@H]1O. The van der Waals surface area contributed by atoms with Crippen LogP contribution in [0, 0.1) is 23.2 Å². The number of fused-ring (bicyclic) bond motifs is 5. The van der Waals surface area contributed by atoms with Crippen LogP contribution in [0.1, 0.15) is 90.0 Å². The van der Waals surface area contributed by atoms with Crippen molar-refractivity contribution in [3.63, 3.8) is 0 Å². The summed E-state index contributed by atoms with van der Waals surface area (Å²) < 4.78 is 6.29. The largest absolute Gasteiger partial charge is 0.486 e. The molecule has 0 aromatic heterocycles. The van der Waals surface area contributed by atoms with Crippen molar-refractivity contribution in [1.29, 1.82) is 0 Å². The quantitative estimate of drug-likeness (QED) is 0.330. The summed E-state index contributed by atoms with van der Waals surface area (Å²) in [4.78, 5) is 29.3. The van der Waals surface area contributed by atoms with Gasteiger partial charge in [0.25, 0.3) is 0 Å². The van der Waals surface area contributed by atoms with Gasteiger partial charge in [0, 0.05) is 30.6 Å². The third-order valence-corrected chi connectivity index (χ3v) is 10.5. The first kappa shape index (κ1) is 29.1. The van der Waals surface area contributed by atoms with Crippen molar-refractivity contribution < 1.29 is 24.5 Å². The number of hydrogen-bond acceptors (Lipinski definition) is 5. The van der Waals surface area contributed by atoms with E-state index in [1.807, 2.05) is 35.2 Å². The Morgan fingerprint density at radius 2 is 1.90 bits per heavy atom. The molecule has 40 heavy (non-hydrogen) atoms. The van der Waals surface area contributed by atoms with Crippen molar-refractivity contribution in [2.24, 2.45) is 23.2 Å². The molecule has 0 unspecified atom stereocenters. The van der Waals surface area contributed by atoms with Gasteiger partial charge >= 0.3 is 0 Å². The molecule has 5 aliphatic rings. The smallest absolute Gasteiger partial charge is 0.247 e. The van der Waals surface area contributed by atoms with Gasteiger partial charge in [-0.2, -0.15) is 0 Å². The van der Waals surface area contributed by atoms with Crippen molar-refractivity contribution in [3.8, 4) is 5.75 Å². The maximum atomic E-state index is 13.9. The average Bonchev–Trinajstić information content (AvgIpc) is 3.35. The Kier molecular flexibility index (Phi) is 8.91. The number of hydrogen-bond donors (Lipinski definition) is 3. The Labute approximate surface area is 239 Å². The summed E-state index contributed by atoms with van der Waals surface area (Å²) in [5.74, 6) is 1.74. The first-order chi connectivity index (χ1) is 19.3. The Balaban J connectivity index is 1.45. The summed E-state index contributed by atoms with van der Waals surface area (Å²) in [5.41, 5.74) is 1.67. The Hall–Kier alpha value is -2.38. The van der Waals surface area contributed by atoms with Gasteiger partial charge in [-0.25, -0.2) is 0 Å². The van der Waals surface area contributed by atoms with Gasteiger partial charge in [-0.05, 0) is 61.0 Å². The van der Waals surface area contributed by atoms with E-state index in [1.165, 1.54) is 19.3 Å². The topological polar surface area (TPSA) is 99.1 Å². The zero-order valence-electron chi connectivity index (χ0n) is 24.5. The highest BCUT2D eigenvalue weighted by atomic mass is 16.5. The van der Waals surface area contributed by atoms with E-state index < -0.39 is 24.2 Å². The van der Waals surface area contributed by atoms with Gasteiger partial charge < -0.3 is 25.2 Å². The number of aliphatic hydroxyl groups excluding tert-OH is 2. The molecule has 3 fully saturated rings. The molecule has 220 valence electrons. The molecule has 1 aromatic rings. The summed E-state index contributed by atoms with van der Waals surface area (Å²) >= 11 is 0. The van der Waals surface area contributed by atoms with Crippen molar-refractivity contribution in [2.75, 3.05) is 19.7 Å². The molecule has 4 aliphatic carbocycles. The number of carbonyl (C=O) groups is 2. The fourth-order valence-corrected chi connectivity index (χ4v) is 8.04. The molecule has 0 saturated heterocycles. The summed E-state index contributed by atoms with van der Waals surface area (Å²) in [6.07, 6.45) is 9.49. The Bertz CT molecular complexity index is 1100. The fraction of sp³-hybridized carbons (Fsp3) is 0.697. The van der Waals surface area contributed by atoms with Gasteiger partial charge in [0.2, 0.25) is 11.8 Å². The van der Waals surface area contributed by atoms with Crippen molar-refractivity contribution in [3.05, 3.63) is 41.5 Å². The van der Waals surface area contributed by atoms with E-state index in [4.69, 9.17) is 4.74 Å². The minimum Gasteiger partial charge on any atom is -0.486 e. The number of ether oxygens (including phenoxy) is 1. The molecule has 2 amide bonds. The van der Waals surface area contributed by atoms with E-state index in [0.717, 1.165) is 43.6 Å². The molecule has 2 bridgehead atoms. The number of nitrogens with zero attached hydrogens (tertiary/aromatic N) is 1. The van der Waals surface area contributed by atoms with Gasteiger partial charge in [-0.3, -0.25) is 9.59 Å². The van der Waals surface area contributed by atoms with Crippen LogP contribution in [0.3, 0.4) is 0 Å². The number of para-hydroxylation sites is 1. The summed E-state index contributed by atoms with van der Waals surface area (Å²) in [5, 5.41) is 24.0. The second-order valence-electron chi connectivity index (χ2n) is 13.1. The van der Waals surface area contributed by atoms with Crippen LogP contribution in [0.5, 0.6) is 5.75 Å². The molecule has 1 aliphatic heterocycles. The van der Waals surface area contributed by atoms with E-state index in [0.29, 0.717) is 36.1 Å². The van der Waals surface area contributed by atoms with E-state index in [1.54, 1.807) is 0 Å². The van der Waals surface area contributed by atoms with Gasteiger partial charge in [-0.1, -0.05) is 64.7 Å². The second-order valence-corrected chi connectivity index (χ2v) is 13.1. The molecule has 0 spiro atoms. The standard InChI is InChI=1S/C33H48N2O5/c1-4-5-6-7-8-13-28(37)35(20-21-14-15-22-18-25(21)33(22,2)3)26-19-24(32(39)34-16-17-36)29-23-11-9-10-12-27(23)40-31(29)30(26)38/h9-12,19,21-22,25-26,29-31,36,38H,4-8,13-18,20H2,1-3H3,(H,34,39)/t21-,22-,25-,26+,29-,30-,31-/m0/s1. The van der Waals surface area contributed by atoms with E-state index >= 15 is 0 Å². The average molecular weight is 553 g/mol. The van der Waals surface area contributed by atoms with Gasteiger partial charge in [-0.15, -0.1) is 0 Å². The van der Waals surface area contributed by atoms with Crippen LogP contribution < -0.4 is 10.1 Å². The lowest BCUT2D eigenvalue weighted by molar-refractivity contribution is -0.146. The number of aliphatic hydroxyl groups is 2. The number of unbranched alkanes of at least 4 members (excludes halogenated alkanes) is 4. The van der Waals surface area contributed by atoms with Crippen molar-refractivity contribution in [1.82, 2.24) is 10.2 Å². The molecule has 6 rings (SSSR count). The van der Waals surface area contributed by atoms with Gasteiger partial charge in [0.1, 0.15) is 18.0 Å². The first-order valence-electron chi connectivity index (χ1n) is 15.6. The van der Waals surface area contributed by atoms with Crippen LogP contribution >= 0.6 is 0 Å². The summed E-state index contributed by atoms with van der Waals surface area (Å²) in [7, 11) is 0. The first-order valence-corrected chi connectivity index (χ1v) is 15.6. The third-order valence-electron chi connectivity index (χ3n) is 10.5. The monoisotopic (exact) mass is 552 g/mol. The lowest BCUT2D eigenvalue weighted by atomic mass is 9.45. The second kappa shape index (κ2) is 12.2. The molecule has 3 saturated carbocycles. The van der Waals surface area contributed by atoms with Crippen LogP contribution in [0.2, 0.25) is 0 Å². The lowest BCUT2D eigenvalue weighted by Crippen LogP contribution is -2.59. The third kappa shape index (κ3) is 5.44. The predicted octanol–water partition coefficient (Wildman–Crippen LogP) is 4.57. The molecular weight excluding hydrogens is 504 g/mol. The zero-order valence-corrected chi connectivity index (χ0v) is 24.5. The minimum absolute atomic E-state index is 0.0557. The number of nitrogens with one attached hydrogen (secondary N) is 1. The minimum atomic E-state index is -0.957. The lowest BCUT2D eigenvalue weighted by Gasteiger charge is -2.61. The molecule has 0 radical (unpaired) electrons. The maximum absolute atomic E-state index is 13.9. The van der Waals surface area contributed by atoms with E-state index in [2.05, 4.69) is 26.1 Å². The number of amides is 2. The Morgan fingerprint density at radius 3 is 2.62 bits per heavy atom. The highest BCUT2D eigenvalue weighted by molar-refractivity contribution is 5.96. The van der Waals surface area contributed by atoms with Crippen LogP contribution in [0.15, 0.2) is 35.9 Å². The molecule has 7 nitrogen and oxygen atoms in total. The van der Waals surface area contributed by atoms with Crippen molar-refractivity contribution >= 4 is 11.8 Å². The van der Waals surface area contributed by atoms with Gasteiger partial charge in [0.05, 0.1) is 18.6 Å². The zero-order chi connectivity index (χ0) is 28.4. The summed E-state index contributed by atoms with van der Waals surface area (Å²) in [6, 6.07) is 6.97. The van der Waals surface area contributed by atoms with Gasteiger partial charge in [0.15, 0.2) is 0 Å². The maximum Gasteiger partial charge on any atom is 0.247 e. The molecule has 3 N–H and O–H groups in total. The molecule has 1 heterocycles. The normalized spacial score (nSPS) is 31.2. The Morgan fingerprint density at radius 1 is 1.12 bits per heavy atom. The number of rotatable bonds is 12. The van der Waals surface area contributed by atoms with Crippen LogP contribution in [-0.2, 0) is 9.59 Å². The molecule has 1 aromatic carbocycles. The molecular formula is C33H48N2O5. The number of benzene rings is 1. The van der Waals surface area contributed by atoms with E-state index in [9.17, 15) is 19.8 Å². The van der Waals surface area contributed by atoms with Crippen LogP contribution in [0.4, 0.5) is 0 Å². The van der Waals surface area contributed by atoms with E-state index in [-0.39, 0.29) is 30.4 Å². The highest BCUT2D eigenvalue weighted by Crippen LogP contribution is 2.61. The molecule has 7 heteroatoms. The highest BCUT2D eigenvalue weighted by Gasteiger charge is 2.56. The predicted molar refractivity (Wildman–Crippen MR) is 155 cm³/mol. The summed E-state index contributed by atoms with van der Waals surface area (Å²) in [6.45, 7) is 7.50. The van der Waals surface area contributed by atoms with Crippen molar-refractivity contribution in [2.45, 2.75) is 103 Å². The fourth-order valence-electron chi connectivity index (χ4n) is 8.04. The number of carbonyl (C=O) groups excluding carboxylic acids is 2.